The van der Waals surface area contributed by atoms with E-state index in [0.29, 0.717) is 0 Å². The first-order valence-corrected chi connectivity index (χ1v) is 3.73. The van der Waals surface area contributed by atoms with Gasteiger partial charge in [-0.05, 0) is 13.8 Å². The summed E-state index contributed by atoms with van der Waals surface area (Å²) in [6.07, 6.45) is 0. The Kier molecular flexibility index (Phi) is 3.52. The van der Waals surface area contributed by atoms with Crippen LogP contribution in [0, 0.1) is 5.92 Å². The largest absolute Gasteiger partial charge is 0.457 e. The number of aliphatic hydroxyl groups is 1. The van der Waals surface area contributed by atoms with Gasteiger partial charge in [-0.2, -0.15) is 0 Å². The van der Waals surface area contributed by atoms with Crippen molar-refractivity contribution in [3.63, 3.8) is 0 Å². The minimum absolute atomic E-state index is 0.138. The molecule has 0 aromatic rings. The second kappa shape index (κ2) is 3.72. The molecule has 3 nitrogen and oxygen atoms in total. The lowest BCUT2D eigenvalue weighted by atomic mass is 10.1. The van der Waals surface area contributed by atoms with Crippen LogP contribution in [0.1, 0.15) is 27.7 Å². The zero-order valence-corrected chi connectivity index (χ0v) is 7.55. The molecule has 66 valence electrons. The maximum Gasteiger partial charge on any atom is 0.308 e. The van der Waals surface area contributed by atoms with Crippen LogP contribution in [0.3, 0.4) is 0 Å². The van der Waals surface area contributed by atoms with Crippen LogP contribution in [0.5, 0.6) is 0 Å². The van der Waals surface area contributed by atoms with Gasteiger partial charge in [0, 0.05) is 0 Å². The summed E-state index contributed by atoms with van der Waals surface area (Å²) in [7, 11) is 0. The maximum atomic E-state index is 11.0. The zero-order chi connectivity index (χ0) is 9.07. The van der Waals surface area contributed by atoms with E-state index >= 15 is 0 Å². The van der Waals surface area contributed by atoms with Crippen LogP contribution >= 0.6 is 0 Å². The van der Waals surface area contributed by atoms with E-state index in [2.05, 4.69) is 0 Å². The molecule has 0 amide bonds. The highest BCUT2D eigenvalue weighted by Crippen LogP contribution is 2.10. The highest BCUT2D eigenvalue weighted by atomic mass is 16.6. The third-order valence-corrected chi connectivity index (χ3v) is 1.23. The molecule has 0 aliphatic rings. The van der Waals surface area contributed by atoms with Crippen molar-refractivity contribution in [3.05, 3.63) is 0 Å². The van der Waals surface area contributed by atoms with Crippen molar-refractivity contribution in [3.8, 4) is 0 Å². The Hall–Kier alpha value is -0.570. The Morgan fingerprint density at radius 1 is 1.55 bits per heavy atom. The Morgan fingerprint density at radius 3 is 2.27 bits per heavy atom. The number of rotatable bonds is 3. The van der Waals surface area contributed by atoms with Gasteiger partial charge in [-0.15, -0.1) is 0 Å². The standard InChI is InChI=1S/C8H16O3/c1-6(2)7(10)11-8(3,4)5-9/h6,9H,5H2,1-4H3. The fourth-order valence-corrected chi connectivity index (χ4v) is 0.422. The van der Waals surface area contributed by atoms with Gasteiger partial charge < -0.3 is 9.84 Å². The lowest BCUT2D eigenvalue weighted by Gasteiger charge is -2.23. The van der Waals surface area contributed by atoms with Crippen LogP contribution in [-0.4, -0.2) is 23.3 Å². The first-order valence-electron chi connectivity index (χ1n) is 3.73. The topological polar surface area (TPSA) is 46.5 Å². The van der Waals surface area contributed by atoms with Gasteiger partial charge in [-0.25, -0.2) is 0 Å². The maximum absolute atomic E-state index is 11.0. The fourth-order valence-electron chi connectivity index (χ4n) is 0.422. The number of aliphatic hydroxyl groups excluding tert-OH is 1. The van der Waals surface area contributed by atoms with E-state index in [0.717, 1.165) is 0 Å². The van der Waals surface area contributed by atoms with E-state index in [-0.39, 0.29) is 18.5 Å². The highest BCUT2D eigenvalue weighted by Gasteiger charge is 2.22. The third-order valence-electron chi connectivity index (χ3n) is 1.23. The second-order valence-electron chi connectivity index (χ2n) is 3.49. The molecule has 0 heterocycles. The van der Waals surface area contributed by atoms with Crippen molar-refractivity contribution >= 4 is 5.97 Å². The van der Waals surface area contributed by atoms with E-state index < -0.39 is 5.60 Å². The third kappa shape index (κ3) is 3.98. The molecule has 0 aromatic heterocycles. The summed E-state index contributed by atoms with van der Waals surface area (Å²) >= 11 is 0. The quantitative estimate of drug-likeness (QED) is 0.625. The van der Waals surface area contributed by atoms with Crippen LogP contribution in [0.25, 0.3) is 0 Å². The smallest absolute Gasteiger partial charge is 0.308 e. The van der Waals surface area contributed by atoms with E-state index in [1.165, 1.54) is 0 Å². The second-order valence-corrected chi connectivity index (χ2v) is 3.49. The highest BCUT2D eigenvalue weighted by molar-refractivity contribution is 5.71. The summed E-state index contributed by atoms with van der Waals surface area (Å²) < 4.78 is 4.96. The molecular formula is C8H16O3. The average Bonchev–Trinajstić information content (AvgIpc) is 1.87. The molecule has 0 aromatic carbocycles. The number of carbonyl (C=O) groups is 1. The van der Waals surface area contributed by atoms with E-state index in [9.17, 15) is 4.79 Å². The molecule has 1 N–H and O–H groups in total. The van der Waals surface area contributed by atoms with Gasteiger partial charge in [0.1, 0.15) is 5.60 Å². The minimum Gasteiger partial charge on any atom is -0.457 e. The summed E-state index contributed by atoms with van der Waals surface area (Å²) in [6.45, 7) is 6.72. The average molecular weight is 160 g/mol. The Balaban J connectivity index is 3.94. The van der Waals surface area contributed by atoms with Crippen LogP contribution in [-0.2, 0) is 9.53 Å². The van der Waals surface area contributed by atoms with Crippen molar-refractivity contribution < 1.29 is 14.6 Å². The van der Waals surface area contributed by atoms with Gasteiger partial charge in [0.15, 0.2) is 0 Å². The lowest BCUT2D eigenvalue weighted by Crippen LogP contribution is -2.33. The molecular weight excluding hydrogens is 144 g/mol. The first-order chi connectivity index (χ1) is 4.89. The van der Waals surface area contributed by atoms with Crippen LogP contribution < -0.4 is 0 Å². The Morgan fingerprint density at radius 2 is 2.00 bits per heavy atom. The van der Waals surface area contributed by atoms with Crippen molar-refractivity contribution in [1.82, 2.24) is 0 Å². The lowest BCUT2D eigenvalue weighted by molar-refractivity contribution is -0.163. The minimum atomic E-state index is -0.749. The molecule has 0 saturated heterocycles. The molecule has 0 aliphatic heterocycles. The van der Waals surface area contributed by atoms with Crippen molar-refractivity contribution in [1.29, 1.82) is 0 Å². The number of carbonyl (C=O) groups excluding carboxylic acids is 1. The molecule has 11 heavy (non-hydrogen) atoms. The predicted molar refractivity (Wildman–Crippen MR) is 42.1 cm³/mol. The number of hydrogen-bond acceptors (Lipinski definition) is 3. The summed E-state index contributed by atoms with van der Waals surface area (Å²) in [5.74, 6) is -0.412. The van der Waals surface area contributed by atoms with Crippen molar-refractivity contribution in [2.45, 2.75) is 33.3 Å². The van der Waals surface area contributed by atoms with Crippen molar-refractivity contribution in [2.24, 2.45) is 5.92 Å². The zero-order valence-electron chi connectivity index (χ0n) is 7.55. The van der Waals surface area contributed by atoms with Gasteiger partial charge in [-0.3, -0.25) is 4.79 Å². The summed E-state index contributed by atoms with van der Waals surface area (Å²) in [5, 5.41) is 8.75. The Bertz CT molecular complexity index is 138. The van der Waals surface area contributed by atoms with Crippen molar-refractivity contribution in [2.75, 3.05) is 6.61 Å². The normalized spacial score (nSPS) is 11.8. The fraction of sp³-hybridized carbons (Fsp3) is 0.875. The number of esters is 1. The van der Waals surface area contributed by atoms with Crippen LogP contribution in [0.15, 0.2) is 0 Å². The first kappa shape index (κ1) is 10.4. The van der Waals surface area contributed by atoms with Gasteiger partial charge in [-0.1, -0.05) is 13.8 Å². The van der Waals surface area contributed by atoms with E-state index in [1.807, 2.05) is 0 Å². The monoisotopic (exact) mass is 160 g/mol. The molecule has 0 bridgehead atoms. The van der Waals surface area contributed by atoms with Gasteiger partial charge in [0.2, 0.25) is 0 Å². The summed E-state index contributed by atoms with van der Waals surface area (Å²) in [5.41, 5.74) is -0.749. The van der Waals surface area contributed by atoms with Gasteiger partial charge in [0.05, 0.1) is 12.5 Å². The molecule has 0 aliphatic carbocycles. The molecule has 0 saturated carbocycles. The van der Waals surface area contributed by atoms with E-state index in [4.69, 9.17) is 9.84 Å². The van der Waals surface area contributed by atoms with Gasteiger partial charge in [0.25, 0.3) is 0 Å². The predicted octanol–water partition coefficient (Wildman–Crippen LogP) is 0.956. The summed E-state index contributed by atoms with van der Waals surface area (Å²) in [6, 6.07) is 0. The molecule has 0 radical (unpaired) electrons. The van der Waals surface area contributed by atoms with Crippen LogP contribution in [0.2, 0.25) is 0 Å². The molecule has 0 fully saturated rings. The van der Waals surface area contributed by atoms with E-state index in [1.54, 1.807) is 27.7 Å². The number of ether oxygens (including phenoxy) is 1. The molecule has 0 rings (SSSR count). The SMILES string of the molecule is CC(C)C(=O)OC(C)(C)CO. The Labute approximate surface area is 67.4 Å². The number of hydrogen-bond donors (Lipinski definition) is 1. The summed E-state index contributed by atoms with van der Waals surface area (Å²) in [4.78, 5) is 11.0. The molecule has 0 unspecified atom stereocenters. The molecule has 3 heteroatoms. The van der Waals surface area contributed by atoms with Gasteiger partial charge >= 0.3 is 5.97 Å². The molecule has 0 atom stereocenters. The molecule has 0 spiro atoms. The van der Waals surface area contributed by atoms with Crippen LogP contribution in [0.4, 0.5) is 0 Å².